The number of hydrazone groups is 1. The number of hydrogen-bond donors (Lipinski definition) is 2. The summed E-state index contributed by atoms with van der Waals surface area (Å²) >= 11 is 0. The maximum absolute atomic E-state index is 11.8. The normalized spacial score (nSPS) is 10.4. The second kappa shape index (κ2) is 6.38. The lowest BCUT2D eigenvalue weighted by Crippen LogP contribution is -2.17. The molecule has 20 heavy (non-hydrogen) atoms. The van der Waals surface area contributed by atoms with E-state index in [-0.39, 0.29) is 11.3 Å². The molecule has 0 fully saturated rings. The van der Waals surface area contributed by atoms with E-state index in [1.165, 1.54) is 18.3 Å². The first-order chi connectivity index (χ1) is 9.70. The Kier molecular flexibility index (Phi) is 4.34. The van der Waals surface area contributed by atoms with Crippen LogP contribution in [0, 0.1) is 0 Å². The first kappa shape index (κ1) is 13.6. The van der Waals surface area contributed by atoms with Gasteiger partial charge < -0.3 is 9.84 Å². The standard InChI is InChI=1S/C15H14N2O3/c1-20-12-8-6-11(7-9-12)10-16-17-15(19)13-4-2-3-5-14(13)18/h2-10,18H,1H3,(H,17,19)/b16-10-. The van der Waals surface area contributed by atoms with Crippen LogP contribution in [0.15, 0.2) is 53.6 Å². The average molecular weight is 270 g/mol. The van der Waals surface area contributed by atoms with Crippen LogP contribution in [0.2, 0.25) is 0 Å². The number of methoxy groups -OCH3 is 1. The van der Waals surface area contributed by atoms with Crippen LogP contribution in [0.25, 0.3) is 0 Å². The lowest BCUT2D eigenvalue weighted by molar-refractivity contribution is 0.0952. The number of phenolic OH excluding ortho intramolecular Hbond substituents is 1. The summed E-state index contributed by atoms with van der Waals surface area (Å²) in [5, 5.41) is 13.4. The second-order valence-corrected chi connectivity index (χ2v) is 3.99. The molecule has 2 aromatic rings. The number of carbonyl (C=O) groups excluding carboxylic acids is 1. The topological polar surface area (TPSA) is 70.9 Å². The summed E-state index contributed by atoms with van der Waals surface area (Å²) in [5.41, 5.74) is 3.36. The summed E-state index contributed by atoms with van der Waals surface area (Å²) in [6, 6.07) is 13.5. The third-order valence-corrected chi connectivity index (χ3v) is 2.64. The van der Waals surface area contributed by atoms with Crippen molar-refractivity contribution in [2.75, 3.05) is 7.11 Å². The van der Waals surface area contributed by atoms with Gasteiger partial charge in [0.25, 0.3) is 5.91 Å². The van der Waals surface area contributed by atoms with E-state index < -0.39 is 5.91 Å². The number of para-hydroxylation sites is 1. The number of ether oxygens (including phenoxy) is 1. The molecule has 5 heteroatoms. The van der Waals surface area contributed by atoms with Crippen molar-refractivity contribution in [2.24, 2.45) is 5.10 Å². The minimum atomic E-state index is -0.465. The zero-order valence-corrected chi connectivity index (χ0v) is 10.9. The van der Waals surface area contributed by atoms with Crippen LogP contribution in [-0.4, -0.2) is 24.3 Å². The molecule has 0 unspecified atom stereocenters. The molecule has 2 N–H and O–H groups in total. The van der Waals surface area contributed by atoms with E-state index in [4.69, 9.17) is 4.74 Å². The quantitative estimate of drug-likeness (QED) is 0.660. The van der Waals surface area contributed by atoms with Gasteiger partial charge in [0.15, 0.2) is 0 Å². The monoisotopic (exact) mass is 270 g/mol. The molecule has 1 amide bonds. The minimum Gasteiger partial charge on any atom is -0.507 e. The molecular weight excluding hydrogens is 256 g/mol. The molecule has 0 aromatic heterocycles. The van der Waals surface area contributed by atoms with E-state index in [2.05, 4.69) is 10.5 Å². The van der Waals surface area contributed by atoms with E-state index in [1.807, 2.05) is 12.1 Å². The van der Waals surface area contributed by atoms with Crippen molar-refractivity contribution in [3.8, 4) is 11.5 Å². The Morgan fingerprint density at radius 3 is 2.55 bits per heavy atom. The molecule has 0 radical (unpaired) electrons. The van der Waals surface area contributed by atoms with Crippen LogP contribution in [-0.2, 0) is 0 Å². The summed E-state index contributed by atoms with van der Waals surface area (Å²) in [5.74, 6) is 0.206. The first-order valence-corrected chi connectivity index (χ1v) is 5.96. The van der Waals surface area contributed by atoms with Crippen molar-refractivity contribution in [3.63, 3.8) is 0 Å². The molecule has 2 rings (SSSR count). The fourth-order valence-electron chi connectivity index (χ4n) is 1.58. The molecule has 0 heterocycles. The van der Waals surface area contributed by atoms with E-state index in [9.17, 15) is 9.90 Å². The van der Waals surface area contributed by atoms with Gasteiger partial charge in [0, 0.05) is 0 Å². The number of carbonyl (C=O) groups is 1. The SMILES string of the molecule is COc1ccc(/C=N\NC(=O)c2ccccc2O)cc1. The number of phenols is 1. The van der Waals surface area contributed by atoms with Gasteiger partial charge in [0.2, 0.25) is 0 Å². The highest BCUT2D eigenvalue weighted by atomic mass is 16.5. The van der Waals surface area contributed by atoms with Crippen LogP contribution in [0.5, 0.6) is 11.5 Å². The van der Waals surface area contributed by atoms with Crippen LogP contribution in [0.3, 0.4) is 0 Å². The van der Waals surface area contributed by atoms with Gasteiger partial charge in [-0.1, -0.05) is 12.1 Å². The maximum atomic E-state index is 11.8. The fourth-order valence-corrected chi connectivity index (χ4v) is 1.58. The molecule has 0 saturated carbocycles. The average Bonchev–Trinajstić information content (AvgIpc) is 2.48. The highest BCUT2D eigenvalue weighted by Gasteiger charge is 2.08. The molecule has 0 bridgehead atoms. The highest BCUT2D eigenvalue weighted by Crippen LogP contribution is 2.15. The summed E-state index contributed by atoms with van der Waals surface area (Å²) in [7, 11) is 1.59. The summed E-state index contributed by atoms with van der Waals surface area (Å²) in [6.07, 6.45) is 1.51. The van der Waals surface area contributed by atoms with E-state index in [0.29, 0.717) is 0 Å². The number of nitrogens with one attached hydrogen (secondary N) is 1. The smallest absolute Gasteiger partial charge is 0.275 e. The fraction of sp³-hybridized carbons (Fsp3) is 0.0667. The van der Waals surface area contributed by atoms with Crippen LogP contribution in [0.1, 0.15) is 15.9 Å². The van der Waals surface area contributed by atoms with Gasteiger partial charge in [-0.3, -0.25) is 4.79 Å². The van der Waals surface area contributed by atoms with E-state index in [1.54, 1.807) is 31.4 Å². The molecule has 2 aromatic carbocycles. The Morgan fingerprint density at radius 2 is 1.90 bits per heavy atom. The van der Waals surface area contributed by atoms with Crippen molar-refractivity contribution in [3.05, 3.63) is 59.7 Å². The van der Waals surface area contributed by atoms with Gasteiger partial charge >= 0.3 is 0 Å². The highest BCUT2D eigenvalue weighted by molar-refractivity contribution is 5.97. The van der Waals surface area contributed by atoms with Gasteiger partial charge in [-0.25, -0.2) is 5.43 Å². The third kappa shape index (κ3) is 3.35. The number of nitrogens with zero attached hydrogens (tertiary/aromatic N) is 1. The molecule has 0 spiro atoms. The Morgan fingerprint density at radius 1 is 1.20 bits per heavy atom. The lowest BCUT2D eigenvalue weighted by Gasteiger charge is -2.02. The molecule has 102 valence electrons. The zero-order valence-electron chi connectivity index (χ0n) is 10.9. The van der Waals surface area contributed by atoms with Gasteiger partial charge in [-0.15, -0.1) is 0 Å². The van der Waals surface area contributed by atoms with Crippen molar-refractivity contribution >= 4 is 12.1 Å². The summed E-state index contributed by atoms with van der Waals surface area (Å²) in [4.78, 5) is 11.8. The van der Waals surface area contributed by atoms with E-state index >= 15 is 0 Å². The third-order valence-electron chi connectivity index (χ3n) is 2.64. The Balaban J connectivity index is 1.99. The Labute approximate surface area is 116 Å². The molecule has 0 atom stereocenters. The van der Waals surface area contributed by atoms with Crippen LogP contribution in [0.4, 0.5) is 0 Å². The van der Waals surface area contributed by atoms with Gasteiger partial charge in [-0.05, 0) is 42.0 Å². The van der Waals surface area contributed by atoms with Gasteiger partial charge in [0.1, 0.15) is 11.5 Å². The predicted octanol–water partition coefficient (Wildman–Crippen LogP) is 2.16. The lowest BCUT2D eigenvalue weighted by atomic mass is 10.2. The number of rotatable bonds is 4. The molecule has 0 aliphatic rings. The molecule has 5 nitrogen and oxygen atoms in total. The number of aromatic hydroxyl groups is 1. The molecule has 0 aliphatic heterocycles. The molecule has 0 saturated heterocycles. The maximum Gasteiger partial charge on any atom is 0.275 e. The van der Waals surface area contributed by atoms with Gasteiger partial charge in [0.05, 0.1) is 18.9 Å². The second-order valence-electron chi connectivity index (χ2n) is 3.99. The molecular formula is C15H14N2O3. The summed E-state index contributed by atoms with van der Waals surface area (Å²) < 4.78 is 5.04. The Bertz CT molecular complexity index is 621. The van der Waals surface area contributed by atoms with Crippen molar-refractivity contribution < 1.29 is 14.6 Å². The molecule has 0 aliphatic carbocycles. The number of benzene rings is 2. The van der Waals surface area contributed by atoms with Gasteiger partial charge in [-0.2, -0.15) is 5.10 Å². The first-order valence-electron chi connectivity index (χ1n) is 5.96. The minimum absolute atomic E-state index is 0.0790. The van der Waals surface area contributed by atoms with Crippen molar-refractivity contribution in [1.29, 1.82) is 0 Å². The van der Waals surface area contributed by atoms with Crippen LogP contribution < -0.4 is 10.2 Å². The number of amides is 1. The zero-order chi connectivity index (χ0) is 14.4. The predicted molar refractivity (Wildman–Crippen MR) is 76.2 cm³/mol. The summed E-state index contributed by atoms with van der Waals surface area (Å²) in [6.45, 7) is 0. The van der Waals surface area contributed by atoms with E-state index in [0.717, 1.165) is 11.3 Å². The largest absolute Gasteiger partial charge is 0.507 e. The van der Waals surface area contributed by atoms with Crippen molar-refractivity contribution in [1.82, 2.24) is 5.43 Å². The number of hydrogen-bond acceptors (Lipinski definition) is 4. The van der Waals surface area contributed by atoms with Crippen molar-refractivity contribution in [2.45, 2.75) is 0 Å². The Hall–Kier alpha value is -2.82. The van der Waals surface area contributed by atoms with Crippen LogP contribution >= 0.6 is 0 Å².